The van der Waals surface area contributed by atoms with E-state index in [9.17, 15) is 0 Å². The molecule has 0 atom stereocenters. The summed E-state index contributed by atoms with van der Waals surface area (Å²) in [4.78, 5) is 8.62. The Bertz CT molecular complexity index is 695. The average molecular weight is 270 g/mol. The number of para-hydroxylation sites is 1. The van der Waals surface area contributed by atoms with E-state index in [1.807, 2.05) is 30.3 Å². The number of halogens is 1. The minimum atomic E-state index is 0.495. The monoisotopic (exact) mass is 269 g/mol. The van der Waals surface area contributed by atoms with Gasteiger partial charge in [-0.1, -0.05) is 35.9 Å². The Kier molecular flexibility index (Phi) is 3.29. The number of pyridine rings is 2. The Morgan fingerprint density at radius 2 is 1.89 bits per heavy atom. The maximum atomic E-state index is 5.74. The van der Waals surface area contributed by atoms with Crippen LogP contribution in [0.15, 0.2) is 54.7 Å². The van der Waals surface area contributed by atoms with Crippen molar-refractivity contribution in [3.05, 3.63) is 65.6 Å². The summed E-state index contributed by atoms with van der Waals surface area (Å²) in [7, 11) is 0. The van der Waals surface area contributed by atoms with E-state index in [-0.39, 0.29) is 0 Å². The summed E-state index contributed by atoms with van der Waals surface area (Å²) >= 11 is 5.74. The molecule has 0 radical (unpaired) electrons. The lowest BCUT2D eigenvalue weighted by molar-refractivity contribution is 1.06. The van der Waals surface area contributed by atoms with Crippen molar-refractivity contribution >= 4 is 28.2 Å². The van der Waals surface area contributed by atoms with Gasteiger partial charge in [-0.2, -0.15) is 0 Å². The molecule has 0 aliphatic carbocycles. The quantitative estimate of drug-likeness (QED) is 0.733. The Hall–Kier alpha value is -2.13. The number of nitrogens with one attached hydrogen (secondary N) is 1. The highest BCUT2D eigenvalue weighted by atomic mass is 35.5. The van der Waals surface area contributed by atoms with Crippen molar-refractivity contribution in [1.82, 2.24) is 9.97 Å². The van der Waals surface area contributed by atoms with Gasteiger partial charge in [-0.25, -0.2) is 4.98 Å². The van der Waals surface area contributed by atoms with Crippen LogP contribution >= 0.6 is 11.6 Å². The van der Waals surface area contributed by atoms with Crippen LogP contribution in [0.4, 0.5) is 5.69 Å². The van der Waals surface area contributed by atoms with Crippen LogP contribution in [0.1, 0.15) is 5.69 Å². The van der Waals surface area contributed by atoms with E-state index in [4.69, 9.17) is 11.6 Å². The molecule has 2 heterocycles. The molecule has 0 amide bonds. The van der Waals surface area contributed by atoms with Crippen LogP contribution in [0.2, 0.25) is 5.15 Å². The number of nitrogens with zero attached hydrogens (tertiary/aromatic N) is 2. The molecule has 19 heavy (non-hydrogen) atoms. The van der Waals surface area contributed by atoms with Crippen LogP contribution < -0.4 is 5.32 Å². The Morgan fingerprint density at radius 1 is 1.00 bits per heavy atom. The number of benzene rings is 1. The molecule has 0 saturated carbocycles. The molecule has 1 aromatic carbocycles. The van der Waals surface area contributed by atoms with E-state index in [0.717, 1.165) is 22.3 Å². The summed E-state index contributed by atoms with van der Waals surface area (Å²) < 4.78 is 0. The molecule has 4 heteroatoms. The molecule has 0 spiro atoms. The van der Waals surface area contributed by atoms with Crippen LogP contribution in [0.25, 0.3) is 10.9 Å². The first-order chi connectivity index (χ1) is 9.31. The van der Waals surface area contributed by atoms with E-state index in [1.165, 1.54) is 0 Å². The Balaban J connectivity index is 1.76. The van der Waals surface area contributed by atoms with Gasteiger partial charge in [-0.3, -0.25) is 4.98 Å². The number of hydrogen-bond acceptors (Lipinski definition) is 3. The standard InChI is InChI=1S/C15H12ClN3/c16-15-8-7-12(9-18-15)17-10-13-6-5-11-3-1-2-4-14(11)19-13/h1-9,17H,10H2. The van der Waals surface area contributed by atoms with Crippen LogP contribution in [-0.4, -0.2) is 9.97 Å². The normalized spacial score (nSPS) is 10.6. The van der Waals surface area contributed by atoms with E-state index in [0.29, 0.717) is 11.7 Å². The minimum absolute atomic E-state index is 0.495. The SMILES string of the molecule is Clc1ccc(NCc2ccc3ccccc3n2)cn1. The maximum Gasteiger partial charge on any atom is 0.129 e. The van der Waals surface area contributed by atoms with Gasteiger partial charge in [0.15, 0.2) is 0 Å². The summed E-state index contributed by atoms with van der Waals surface area (Å²) in [6.07, 6.45) is 1.71. The molecule has 3 rings (SSSR count). The average Bonchev–Trinajstić information content (AvgIpc) is 2.46. The lowest BCUT2D eigenvalue weighted by atomic mass is 10.2. The van der Waals surface area contributed by atoms with Gasteiger partial charge in [0.05, 0.1) is 29.6 Å². The largest absolute Gasteiger partial charge is 0.378 e. The Morgan fingerprint density at radius 3 is 2.74 bits per heavy atom. The molecule has 3 aromatic rings. The summed E-state index contributed by atoms with van der Waals surface area (Å²) in [5.74, 6) is 0. The highest BCUT2D eigenvalue weighted by molar-refractivity contribution is 6.29. The molecule has 0 unspecified atom stereocenters. The molecule has 1 N–H and O–H groups in total. The summed E-state index contributed by atoms with van der Waals surface area (Å²) in [5, 5.41) is 4.92. The fourth-order valence-electron chi connectivity index (χ4n) is 1.88. The van der Waals surface area contributed by atoms with Crippen molar-refractivity contribution < 1.29 is 0 Å². The zero-order chi connectivity index (χ0) is 13.1. The van der Waals surface area contributed by atoms with Crippen LogP contribution in [0, 0.1) is 0 Å². The summed E-state index contributed by atoms with van der Waals surface area (Å²) in [5.41, 5.74) is 2.93. The van der Waals surface area contributed by atoms with Gasteiger partial charge in [-0.15, -0.1) is 0 Å². The predicted octanol–water partition coefficient (Wildman–Crippen LogP) is 3.90. The van der Waals surface area contributed by atoms with Gasteiger partial charge < -0.3 is 5.32 Å². The number of aromatic nitrogens is 2. The van der Waals surface area contributed by atoms with Crippen molar-refractivity contribution in [2.75, 3.05) is 5.32 Å². The first-order valence-corrected chi connectivity index (χ1v) is 6.39. The zero-order valence-electron chi connectivity index (χ0n) is 10.2. The third-order valence-corrected chi connectivity index (χ3v) is 3.08. The van der Waals surface area contributed by atoms with Crippen molar-refractivity contribution in [2.24, 2.45) is 0 Å². The third-order valence-electron chi connectivity index (χ3n) is 2.86. The topological polar surface area (TPSA) is 37.8 Å². The Labute approximate surface area is 116 Å². The number of hydrogen-bond donors (Lipinski definition) is 1. The van der Waals surface area contributed by atoms with E-state index >= 15 is 0 Å². The van der Waals surface area contributed by atoms with Crippen LogP contribution in [0.5, 0.6) is 0 Å². The highest BCUT2D eigenvalue weighted by Crippen LogP contribution is 2.14. The van der Waals surface area contributed by atoms with Crippen molar-refractivity contribution in [2.45, 2.75) is 6.54 Å². The molecule has 94 valence electrons. The second-order valence-corrected chi connectivity index (χ2v) is 4.61. The maximum absolute atomic E-state index is 5.74. The lowest BCUT2D eigenvalue weighted by Crippen LogP contribution is -2.01. The molecular weight excluding hydrogens is 258 g/mol. The fourth-order valence-corrected chi connectivity index (χ4v) is 1.99. The second kappa shape index (κ2) is 5.24. The van der Waals surface area contributed by atoms with Crippen LogP contribution in [0.3, 0.4) is 0 Å². The summed E-state index contributed by atoms with van der Waals surface area (Å²) in [6, 6.07) is 15.9. The molecule has 0 aliphatic rings. The molecule has 3 nitrogen and oxygen atoms in total. The third kappa shape index (κ3) is 2.83. The number of rotatable bonds is 3. The van der Waals surface area contributed by atoms with Gasteiger partial charge in [0.2, 0.25) is 0 Å². The lowest BCUT2D eigenvalue weighted by Gasteiger charge is -2.06. The van der Waals surface area contributed by atoms with E-state index < -0.39 is 0 Å². The van der Waals surface area contributed by atoms with Gasteiger partial charge in [0, 0.05) is 5.39 Å². The minimum Gasteiger partial charge on any atom is -0.378 e. The van der Waals surface area contributed by atoms with Crippen molar-refractivity contribution in [3.8, 4) is 0 Å². The first-order valence-electron chi connectivity index (χ1n) is 6.01. The van der Waals surface area contributed by atoms with Gasteiger partial charge in [0.25, 0.3) is 0 Å². The van der Waals surface area contributed by atoms with Gasteiger partial charge >= 0.3 is 0 Å². The number of fused-ring (bicyclic) bond motifs is 1. The molecule has 0 aliphatic heterocycles. The molecule has 0 bridgehead atoms. The second-order valence-electron chi connectivity index (χ2n) is 4.22. The highest BCUT2D eigenvalue weighted by Gasteiger charge is 1.98. The predicted molar refractivity (Wildman–Crippen MR) is 78.3 cm³/mol. The van der Waals surface area contributed by atoms with Gasteiger partial charge in [0.1, 0.15) is 5.15 Å². The molecule has 0 saturated heterocycles. The first kappa shape index (κ1) is 11.9. The summed E-state index contributed by atoms with van der Waals surface area (Å²) in [6.45, 7) is 0.661. The van der Waals surface area contributed by atoms with E-state index in [1.54, 1.807) is 12.3 Å². The van der Waals surface area contributed by atoms with Gasteiger partial charge in [-0.05, 0) is 24.3 Å². The molecular formula is C15H12ClN3. The fraction of sp³-hybridized carbons (Fsp3) is 0.0667. The smallest absolute Gasteiger partial charge is 0.129 e. The zero-order valence-corrected chi connectivity index (χ0v) is 10.9. The van der Waals surface area contributed by atoms with E-state index in [2.05, 4.69) is 27.4 Å². The van der Waals surface area contributed by atoms with Crippen molar-refractivity contribution in [1.29, 1.82) is 0 Å². The van der Waals surface area contributed by atoms with Crippen LogP contribution in [-0.2, 0) is 6.54 Å². The number of anilines is 1. The molecule has 2 aromatic heterocycles. The molecule has 0 fully saturated rings. The van der Waals surface area contributed by atoms with Crippen molar-refractivity contribution in [3.63, 3.8) is 0 Å².